The average Bonchev–Trinajstić information content (AvgIpc) is 3.13. The van der Waals surface area contributed by atoms with E-state index in [1.165, 1.54) is 29.3 Å². The van der Waals surface area contributed by atoms with Crippen molar-refractivity contribution in [3.63, 3.8) is 0 Å². The van der Waals surface area contributed by atoms with Gasteiger partial charge in [-0.2, -0.15) is 0 Å². The number of carbonyl (C=O) groups is 2. The molecule has 4 nitrogen and oxygen atoms in total. The van der Waals surface area contributed by atoms with Crippen LogP contribution in [0.2, 0.25) is 0 Å². The first kappa shape index (κ1) is 18.1. The Kier molecular flexibility index (Phi) is 4.95. The number of fused-ring (bicyclic) bond motifs is 1. The zero-order valence-corrected chi connectivity index (χ0v) is 15.7. The molecule has 7 heteroatoms. The molecule has 1 saturated heterocycles. The van der Waals surface area contributed by atoms with Crippen LogP contribution in [0.1, 0.15) is 43.3 Å². The fourth-order valence-electron chi connectivity index (χ4n) is 3.68. The minimum atomic E-state index is -1.03. The van der Waals surface area contributed by atoms with E-state index in [-0.39, 0.29) is 17.4 Å². The van der Waals surface area contributed by atoms with Crippen LogP contribution in [0.3, 0.4) is 0 Å². The summed E-state index contributed by atoms with van der Waals surface area (Å²) in [5, 5.41) is 0. The number of benzene rings is 1. The van der Waals surface area contributed by atoms with Gasteiger partial charge < -0.3 is 9.80 Å². The number of carbonyl (C=O) groups excluding carboxylic acids is 2. The Morgan fingerprint density at radius 2 is 1.52 bits per heavy atom. The van der Waals surface area contributed by atoms with Crippen molar-refractivity contribution >= 4 is 23.2 Å². The lowest BCUT2D eigenvalue weighted by Crippen LogP contribution is -2.50. The summed E-state index contributed by atoms with van der Waals surface area (Å²) in [4.78, 5) is 30.7. The minimum absolute atomic E-state index is 0.0225. The molecule has 0 spiro atoms. The molecule has 142 valence electrons. The molecule has 0 saturated carbocycles. The average molecular weight is 390 g/mol. The molecular formula is C20H20F2N2O2S. The molecule has 0 atom stereocenters. The molecule has 1 aromatic carbocycles. The number of hydrogen-bond acceptors (Lipinski definition) is 3. The number of thiophene rings is 1. The first-order valence-corrected chi connectivity index (χ1v) is 10.00. The van der Waals surface area contributed by atoms with E-state index in [9.17, 15) is 18.4 Å². The Balaban J connectivity index is 1.39. The van der Waals surface area contributed by atoms with Crippen LogP contribution in [0.4, 0.5) is 8.78 Å². The number of piperazine rings is 1. The minimum Gasteiger partial charge on any atom is -0.335 e. The molecule has 1 aliphatic heterocycles. The molecular weight excluding hydrogens is 370 g/mol. The second-order valence-corrected chi connectivity index (χ2v) is 8.12. The lowest BCUT2D eigenvalue weighted by atomic mass is 9.99. The van der Waals surface area contributed by atoms with Crippen LogP contribution in [0.25, 0.3) is 0 Å². The largest absolute Gasteiger partial charge is 0.335 e. The van der Waals surface area contributed by atoms with E-state index in [4.69, 9.17) is 0 Å². The van der Waals surface area contributed by atoms with E-state index in [2.05, 4.69) is 0 Å². The normalized spacial score (nSPS) is 17.0. The Morgan fingerprint density at radius 1 is 0.852 bits per heavy atom. The third-order valence-electron chi connectivity index (χ3n) is 5.23. The first-order valence-electron chi connectivity index (χ1n) is 9.18. The predicted octanol–water partition coefficient (Wildman–Crippen LogP) is 3.50. The molecule has 2 amide bonds. The van der Waals surface area contributed by atoms with Gasteiger partial charge in [0.15, 0.2) is 11.6 Å². The van der Waals surface area contributed by atoms with E-state index >= 15 is 0 Å². The van der Waals surface area contributed by atoms with Crippen molar-refractivity contribution in [2.24, 2.45) is 0 Å². The lowest BCUT2D eigenvalue weighted by molar-refractivity contribution is 0.0538. The molecule has 1 aromatic heterocycles. The summed E-state index contributed by atoms with van der Waals surface area (Å²) in [5.41, 5.74) is 1.43. The number of aryl methyl sites for hydroxylation is 2. The Hall–Kier alpha value is -2.28. The molecule has 1 aliphatic carbocycles. The van der Waals surface area contributed by atoms with Crippen LogP contribution in [0.15, 0.2) is 24.3 Å². The van der Waals surface area contributed by atoms with Gasteiger partial charge >= 0.3 is 0 Å². The summed E-state index contributed by atoms with van der Waals surface area (Å²) in [7, 11) is 0. The van der Waals surface area contributed by atoms with Crippen LogP contribution < -0.4 is 0 Å². The van der Waals surface area contributed by atoms with Crippen molar-refractivity contribution in [3.8, 4) is 0 Å². The highest BCUT2D eigenvalue weighted by atomic mass is 32.1. The van der Waals surface area contributed by atoms with Crippen LogP contribution >= 0.6 is 11.3 Å². The first-order chi connectivity index (χ1) is 13.0. The van der Waals surface area contributed by atoms with E-state index in [0.717, 1.165) is 29.9 Å². The van der Waals surface area contributed by atoms with Gasteiger partial charge in [0.1, 0.15) is 0 Å². The van der Waals surface area contributed by atoms with Crippen molar-refractivity contribution in [1.29, 1.82) is 0 Å². The molecule has 1 fully saturated rings. The summed E-state index contributed by atoms with van der Waals surface area (Å²) in [6.07, 6.45) is 4.48. The van der Waals surface area contributed by atoms with Gasteiger partial charge in [-0.05, 0) is 55.5 Å². The maximum absolute atomic E-state index is 13.4. The smallest absolute Gasteiger partial charge is 0.264 e. The molecule has 2 heterocycles. The van der Waals surface area contributed by atoms with Gasteiger partial charge in [0.2, 0.25) is 0 Å². The maximum atomic E-state index is 13.4. The standard InChI is InChI=1S/C20H20F2N2O2S/c21-15-6-5-14(11-16(15)22)19(25)23-7-9-24(10-8-23)20(26)18-12-13-3-1-2-4-17(13)27-18/h5-6,11-12H,1-4,7-10H2. The molecule has 2 aromatic rings. The topological polar surface area (TPSA) is 40.6 Å². The predicted molar refractivity (Wildman–Crippen MR) is 99.1 cm³/mol. The quantitative estimate of drug-likeness (QED) is 0.788. The zero-order chi connectivity index (χ0) is 19.0. The van der Waals surface area contributed by atoms with Crippen LogP contribution in [0.5, 0.6) is 0 Å². The second-order valence-electron chi connectivity index (χ2n) is 6.98. The van der Waals surface area contributed by atoms with Gasteiger partial charge in [-0.25, -0.2) is 8.78 Å². The molecule has 0 N–H and O–H groups in total. The number of hydrogen-bond donors (Lipinski definition) is 0. The highest BCUT2D eigenvalue weighted by Gasteiger charge is 2.27. The molecule has 0 unspecified atom stereocenters. The zero-order valence-electron chi connectivity index (χ0n) is 14.8. The highest BCUT2D eigenvalue weighted by molar-refractivity contribution is 7.14. The maximum Gasteiger partial charge on any atom is 0.264 e. The summed E-state index contributed by atoms with van der Waals surface area (Å²) < 4.78 is 26.4. The van der Waals surface area contributed by atoms with E-state index in [1.807, 2.05) is 6.07 Å². The van der Waals surface area contributed by atoms with Crippen LogP contribution in [-0.2, 0) is 12.8 Å². The third-order valence-corrected chi connectivity index (χ3v) is 6.45. The van der Waals surface area contributed by atoms with Crippen molar-refractivity contribution in [1.82, 2.24) is 9.80 Å². The number of halogens is 2. The van der Waals surface area contributed by atoms with Crippen molar-refractivity contribution in [2.45, 2.75) is 25.7 Å². The lowest BCUT2D eigenvalue weighted by Gasteiger charge is -2.34. The number of amides is 2. The van der Waals surface area contributed by atoms with Crippen molar-refractivity contribution < 1.29 is 18.4 Å². The van der Waals surface area contributed by atoms with Crippen LogP contribution in [-0.4, -0.2) is 47.8 Å². The fourth-order valence-corrected chi connectivity index (χ4v) is 4.90. The van der Waals surface area contributed by atoms with Gasteiger partial charge in [0.05, 0.1) is 4.88 Å². The van der Waals surface area contributed by atoms with E-state index in [1.54, 1.807) is 21.1 Å². The van der Waals surface area contributed by atoms with Crippen LogP contribution in [0, 0.1) is 11.6 Å². The Bertz CT molecular complexity index is 865. The molecule has 0 bridgehead atoms. The fraction of sp³-hybridized carbons (Fsp3) is 0.400. The van der Waals surface area contributed by atoms with Gasteiger partial charge in [0.25, 0.3) is 11.8 Å². The molecule has 27 heavy (non-hydrogen) atoms. The number of nitrogens with zero attached hydrogens (tertiary/aromatic N) is 2. The second kappa shape index (κ2) is 7.38. The molecule has 0 radical (unpaired) electrons. The Morgan fingerprint density at radius 3 is 2.19 bits per heavy atom. The van der Waals surface area contributed by atoms with Crippen molar-refractivity contribution in [2.75, 3.05) is 26.2 Å². The molecule has 2 aliphatic rings. The number of rotatable bonds is 2. The summed E-state index contributed by atoms with van der Waals surface area (Å²) >= 11 is 1.60. The monoisotopic (exact) mass is 390 g/mol. The summed E-state index contributed by atoms with van der Waals surface area (Å²) in [6.45, 7) is 1.65. The van der Waals surface area contributed by atoms with Gasteiger partial charge in [-0.3, -0.25) is 9.59 Å². The van der Waals surface area contributed by atoms with Gasteiger partial charge in [0, 0.05) is 36.6 Å². The SMILES string of the molecule is O=C(c1ccc(F)c(F)c1)N1CCN(C(=O)c2cc3c(s2)CCCC3)CC1. The van der Waals surface area contributed by atoms with E-state index < -0.39 is 11.6 Å². The van der Waals surface area contributed by atoms with E-state index in [0.29, 0.717) is 26.2 Å². The molecule has 4 rings (SSSR count). The summed E-state index contributed by atoms with van der Waals surface area (Å²) in [5.74, 6) is -2.32. The third kappa shape index (κ3) is 3.60. The Labute approximate surface area is 160 Å². The highest BCUT2D eigenvalue weighted by Crippen LogP contribution is 2.30. The summed E-state index contributed by atoms with van der Waals surface area (Å²) in [6, 6.07) is 5.20. The van der Waals surface area contributed by atoms with Crippen molar-refractivity contribution in [3.05, 3.63) is 56.8 Å². The van der Waals surface area contributed by atoms with Gasteiger partial charge in [-0.1, -0.05) is 0 Å². The van der Waals surface area contributed by atoms with Gasteiger partial charge in [-0.15, -0.1) is 11.3 Å².